The molecule has 3 heteroatoms. The van der Waals surface area contributed by atoms with Crippen LogP contribution < -0.4 is 4.74 Å². The normalized spacial score (nSPS) is 12.5. The first kappa shape index (κ1) is 10.3. The smallest absolute Gasteiger partial charge is 0.213 e. The molecule has 0 amide bonds. The van der Waals surface area contributed by atoms with Gasteiger partial charge in [0.25, 0.3) is 0 Å². The lowest BCUT2D eigenvalue weighted by molar-refractivity contribution is 0.396. The first-order valence-electron chi connectivity index (χ1n) is 4.36. The summed E-state index contributed by atoms with van der Waals surface area (Å²) in [6.07, 6.45) is 1.85. The molecule has 1 aromatic rings. The van der Waals surface area contributed by atoms with Gasteiger partial charge < -0.3 is 4.74 Å². The molecular weight excluding hydrogens is 186 g/mol. The van der Waals surface area contributed by atoms with E-state index in [0.717, 1.165) is 18.5 Å². The lowest BCUT2D eigenvalue weighted by Gasteiger charge is -2.04. The van der Waals surface area contributed by atoms with Crippen molar-refractivity contribution >= 4 is 11.6 Å². The maximum atomic E-state index is 5.84. The van der Waals surface area contributed by atoms with E-state index in [4.69, 9.17) is 16.3 Å². The molecule has 0 aromatic carbocycles. The highest BCUT2D eigenvalue weighted by Gasteiger charge is 2.00. The molecule has 0 bridgehead atoms. The Hall–Kier alpha value is -0.760. The van der Waals surface area contributed by atoms with Gasteiger partial charge in [-0.25, -0.2) is 4.98 Å². The SMILES string of the molecule is COc1cccc(CCC(C)Cl)n1. The first-order chi connectivity index (χ1) is 6.22. The van der Waals surface area contributed by atoms with Crippen LogP contribution in [-0.2, 0) is 6.42 Å². The van der Waals surface area contributed by atoms with Gasteiger partial charge in [-0.15, -0.1) is 11.6 Å². The second kappa shape index (κ2) is 5.07. The van der Waals surface area contributed by atoms with Gasteiger partial charge in [-0.3, -0.25) is 0 Å². The molecule has 0 aliphatic carbocycles. The van der Waals surface area contributed by atoms with E-state index in [1.807, 2.05) is 25.1 Å². The molecule has 13 heavy (non-hydrogen) atoms. The van der Waals surface area contributed by atoms with Crippen molar-refractivity contribution in [3.05, 3.63) is 23.9 Å². The van der Waals surface area contributed by atoms with Crippen LogP contribution in [0.25, 0.3) is 0 Å². The van der Waals surface area contributed by atoms with Crippen LogP contribution in [0.2, 0.25) is 0 Å². The summed E-state index contributed by atoms with van der Waals surface area (Å²) in [4.78, 5) is 4.28. The minimum atomic E-state index is 0.202. The molecule has 0 aliphatic rings. The highest BCUT2D eigenvalue weighted by molar-refractivity contribution is 6.20. The lowest BCUT2D eigenvalue weighted by Crippen LogP contribution is -1.98. The summed E-state index contributed by atoms with van der Waals surface area (Å²) in [6, 6.07) is 5.77. The maximum absolute atomic E-state index is 5.84. The van der Waals surface area contributed by atoms with Crippen molar-refractivity contribution in [3.8, 4) is 5.88 Å². The quantitative estimate of drug-likeness (QED) is 0.696. The molecule has 0 spiro atoms. The average molecular weight is 200 g/mol. The number of aromatic nitrogens is 1. The van der Waals surface area contributed by atoms with Gasteiger partial charge in [0.15, 0.2) is 0 Å². The number of nitrogens with zero attached hydrogens (tertiary/aromatic N) is 1. The molecule has 1 aromatic heterocycles. The van der Waals surface area contributed by atoms with Crippen LogP contribution in [0, 0.1) is 0 Å². The van der Waals surface area contributed by atoms with Gasteiger partial charge in [-0.05, 0) is 25.8 Å². The number of pyridine rings is 1. The molecule has 1 rings (SSSR count). The van der Waals surface area contributed by atoms with Crippen LogP contribution >= 0.6 is 11.6 Å². The monoisotopic (exact) mass is 199 g/mol. The molecule has 1 unspecified atom stereocenters. The summed E-state index contributed by atoms with van der Waals surface area (Å²) in [5, 5.41) is 0.202. The third-order valence-corrected chi connectivity index (χ3v) is 2.01. The molecule has 1 heterocycles. The molecule has 0 fully saturated rings. The number of methoxy groups -OCH3 is 1. The third kappa shape index (κ3) is 3.64. The number of aryl methyl sites for hydroxylation is 1. The largest absolute Gasteiger partial charge is 0.481 e. The zero-order chi connectivity index (χ0) is 9.68. The Morgan fingerprint density at radius 2 is 2.31 bits per heavy atom. The number of hydrogen-bond donors (Lipinski definition) is 0. The van der Waals surface area contributed by atoms with E-state index in [-0.39, 0.29) is 5.38 Å². The van der Waals surface area contributed by atoms with E-state index >= 15 is 0 Å². The van der Waals surface area contributed by atoms with Crippen LogP contribution in [-0.4, -0.2) is 17.5 Å². The zero-order valence-corrected chi connectivity index (χ0v) is 8.71. The molecule has 0 radical (unpaired) electrons. The summed E-state index contributed by atoms with van der Waals surface area (Å²) in [5.41, 5.74) is 1.03. The Morgan fingerprint density at radius 3 is 2.92 bits per heavy atom. The standard InChI is InChI=1S/C10H14ClNO/c1-8(11)6-7-9-4-3-5-10(12-9)13-2/h3-5,8H,6-7H2,1-2H3. The van der Waals surface area contributed by atoms with Crippen LogP contribution in [0.3, 0.4) is 0 Å². The summed E-state index contributed by atoms with van der Waals surface area (Å²) in [5.74, 6) is 0.666. The Kier molecular flexibility index (Phi) is 4.03. The maximum Gasteiger partial charge on any atom is 0.213 e. The van der Waals surface area contributed by atoms with Gasteiger partial charge >= 0.3 is 0 Å². The Morgan fingerprint density at radius 1 is 1.54 bits per heavy atom. The van der Waals surface area contributed by atoms with Crippen molar-refractivity contribution in [2.24, 2.45) is 0 Å². The highest BCUT2D eigenvalue weighted by atomic mass is 35.5. The second-order valence-corrected chi connectivity index (χ2v) is 3.74. The lowest BCUT2D eigenvalue weighted by atomic mass is 10.2. The molecule has 0 aliphatic heterocycles. The van der Waals surface area contributed by atoms with E-state index in [1.165, 1.54) is 0 Å². The van der Waals surface area contributed by atoms with Crippen molar-refractivity contribution in [1.82, 2.24) is 4.98 Å². The molecule has 0 saturated heterocycles. The Bertz CT molecular complexity index is 263. The van der Waals surface area contributed by atoms with Crippen LogP contribution in [0.1, 0.15) is 19.0 Å². The van der Waals surface area contributed by atoms with Gasteiger partial charge in [0, 0.05) is 17.1 Å². The Balaban J connectivity index is 2.56. The van der Waals surface area contributed by atoms with Gasteiger partial charge in [0.05, 0.1) is 7.11 Å². The molecule has 2 nitrogen and oxygen atoms in total. The average Bonchev–Trinajstić information content (AvgIpc) is 2.15. The summed E-state index contributed by atoms with van der Waals surface area (Å²) in [6.45, 7) is 1.99. The van der Waals surface area contributed by atoms with E-state index in [0.29, 0.717) is 5.88 Å². The molecule has 0 N–H and O–H groups in total. The van der Waals surface area contributed by atoms with E-state index < -0.39 is 0 Å². The van der Waals surface area contributed by atoms with Crippen LogP contribution in [0.5, 0.6) is 5.88 Å². The van der Waals surface area contributed by atoms with E-state index in [2.05, 4.69) is 4.98 Å². The predicted octanol–water partition coefficient (Wildman–Crippen LogP) is 2.65. The number of alkyl halides is 1. The second-order valence-electron chi connectivity index (χ2n) is 2.99. The fourth-order valence-corrected chi connectivity index (χ4v) is 1.17. The summed E-state index contributed by atoms with van der Waals surface area (Å²) < 4.78 is 5.02. The number of ether oxygens (including phenoxy) is 1. The Labute approximate surface area is 83.9 Å². The number of hydrogen-bond acceptors (Lipinski definition) is 2. The van der Waals surface area contributed by atoms with Crippen molar-refractivity contribution in [3.63, 3.8) is 0 Å². The number of rotatable bonds is 4. The highest BCUT2D eigenvalue weighted by Crippen LogP contribution is 2.10. The fraction of sp³-hybridized carbons (Fsp3) is 0.500. The van der Waals surface area contributed by atoms with E-state index in [1.54, 1.807) is 7.11 Å². The van der Waals surface area contributed by atoms with Gasteiger partial charge in [-0.1, -0.05) is 6.07 Å². The summed E-state index contributed by atoms with van der Waals surface area (Å²) in [7, 11) is 1.62. The van der Waals surface area contributed by atoms with Crippen molar-refractivity contribution in [2.75, 3.05) is 7.11 Å². The molecule has 72 valence electrons. The summed E-state index contributed by atoms with van der Waals surface area (Å²) >= 11 is 5.84. The zero-order valence-electron chi connectivity index (χ0n) is 7.96. The molecule has 1 atom stereocenters. The van der Waals surface area contributed by atoms with Gasteiger partial charge in [0.1, 0.15) is 0 Å². The molecule has 0 saturated carbocycles. The van der Waals surface area contributed by atoms with Crippen LogP contribution in [0.15, 0.2) is 18.2 Å². The van der Waals surface area contributed by atoms with Crippen molar-refractivity contribution < 1.29 is 4.74 Å². The topological polar surface area (TPSA) is 22.1 Å². The minimum Gasteiger partial charge on any atom is -0.481 e. The predicted molar refractivity (Wildman–Crippen MR) is 54.4 cm³/mol. The number of halogens is 1. The minimum absolute atomic E-state index is 0.202. The van der Waals surface area contributed by atoms with Gasteiger partial charge in [-0.2, -0.15) is 0 Å². The van der Waals surface area contributed by atoms with Gasteiger partial charge in [0.2, 0.25) is 5.88 Å². The molecular formula is C10H14ClNO. The fourth-order valence-electron chi connectivity index (χ4n) is 1.06. The van der Waals surface area contributed by atoms with Crippen molar-refractivity contribution in [2.45, 2.75) is 25.1 Å². The van der Waals surface area contributed by atoms with Crippen molar-refractivity contribution in [1.29, 1.82) is 0 Å². The van der Waals surface area contributed by atoms with E-state index in [9.17, 15) is 0 Å². The first-order valence-corrected chi connectivity index (χ1v) is 4.80. The third-order valence-electron chi connectivity index (χ3n) is 1.79. The van der Waals surface area contributed by atoms with Crippen LogP contribution in [0.4, 0.5) is 0 Å².